The number of rotatable bonds is 4. The van der Waals surface area contributed by atoms with E-state index in [-0.39, 0.29) is 12.1 Å². The summed E-state index contributed by atoms with van der Waals surface area (Å²) in [5.41, 5.74) is 3.13. The van der Waals surface area contributed by atoms with Crippen molar-refractivity contribution >= 4 is 11.7 Å². The normalized spacial score (nSPS) is 16.4. The van der Waals surface area contributed by atoms with Crippen LogP contribution < -0.4 is 14.8 Å². The van der Waals surface area contributed by atoms with E-state index in [4.69, 9.17) is 9.47 Å². The van der Waals surface area contributed by atoms with E-state index >= 15 is 0 Å². The lowest BCUT2D eigenvalue weighted by Crippen LogP contribution is -2.46. The molecule has 0 spiro atoms. The predicted octanol–water partition coefficient (Wildman–Crippen LogP) is 4.06. The molecule has 6 nitrogen and oxygen atoms in total. The van der Waals surface area contributed by atoms with Crippen LogP contribution in [0.25, 0.3) is 0 Å². The molecule has 0 unspecified atom stereocenters. The fourth-order valence-electron chi connectivity index (χ4n) is 3.70. The molecule has 2 aromatic rings. The highest BCUT2D eigenvalue weighted by Crippen LogP contribution is 2.35. The molecule has 0 radical (unpaired) electrons. The molecule has 0 aliphatic carbocycles. The molecule has 2 amide bonds. The molecular weight excluding hydrogens is 330 g/mol. The van der Waals surface area contributed by atoms with Gasteiger partial charge in [0.15, 0.2) is 11.5 Å². The molecule has 0 fully saturated rings. The van der Waals surface area contributed by atoms with E-state index in [0.29, 0.717) is 29.6 Å². The van der Waals surface area contributed by atoms with Gasteiger partial charge in [-0.3, -0.25) is 0 Å². The highest BCUT2D eigenvalue weighted by molar-refractivity contribution is 5.90. The van der Waals surface area contributed by atoms with Gasteiger partial charge < -0.3 is 24.3 Å². The summed E-state index contributed by atoms with van der Waals surface area (Å²) in [4.78, 5) is 14.9. The van der Waals surface area contributed by atoms with Crippen LogP contribution in [0.1, 0.15) is 31.3 Å². The Bertz CT molecular complexity index is 798. The zero-order valence-corrected chi connectivity index (χ0v) is 16.1. The van der Waals surface area contributed by atoms with Gasteiger partial charge in [-0.25, -0.2) is 4.79 Å². The molecule has 1 aromatic heterocycles. The Morgan fingerprint density at radius 3 is 2.50 bits per heavy atom. The fourth-order valence-corrected chi connectivity index (χ4v) is 3.70. The van der Waals surface area contributed by atoms with Gasteiger partial charge in [-0.15, -0.1) is 0 Å². The van der Waals surface area contributed by atoms with Crippen molar-refractivity contribution in [3.8, 4) is 11.5 Å². The highest BCUT2D eigenvalue weighted by Gasteiger charge is 2.33. The van der Waals surface area contributed by atoms with Gasteiger partial charge in [0.1, 0.15) is 0 Å². The van der Waals surface area contributed by atoms with E-state index in [9.17, 15) is 4.79 Å². The second-order valence-electron chi connectivity index (χ2n) is 6.93. The van der Waals surface area contributed by atoms with Crippen LogP contribution in [0.3, 0.4) is 0 Å². The molecule has 1 N–H and O–H groups in total. The predicted molar refractivity (Wildman–Crippen MR) is 102 cm³/mol. The van der Waals surface area contributed by atoms with Crippen molar-refractivity contribution in [1.29, 1.82) is 0 Å². The first-order valence-electron chi connectivity index (χ1n) is 8.92. The number of nitrogens with zero attached hydrogens (tertiary/aromatic N) is 2. The number of benzene rings is 1. The molecule has 1 aliphatic heterocycles. The van der Waals surface area contributed by atoms with Crippen molar-refractivity contribution in [1.82, 2.24) is 9.47 Å². The van der Waals surface area contributed by atoms with Crippen LogP contribution >= 0.6 is 0 Å². The van der Waals surface area contributed by atoms with Crippen LogP contribution in [-0.2, 0) is 6.54 Å². The zero-order chi connectivity index (χ0) is 18.8. The maximum atomic E-state index is 13.0. The van der Waals surface area contributed by atoms with Crippen LogP contribution in [0.15, 0.2) is 30.3 Å². The van der Waals surface area contributed by atoms with E-state index in [2.05, 4.69) is 42.8 Å². The number of aromatic nitrogens is 1. The Kier molecular flexibility index (Phi) is 5.11. The van der Waals surface area contributed by atoms with Crippen LogP contribution in [0.2, 0.25) is 0 Å². The van der Waals surface area contributed by atoms with Crippen molar-refractivity contribution in [2.24, 2.45) is 5.92 Å². The number of urea groups is 1. The number of carbonyl (C=O) groups excluding carboxylic acids is 1. The van der Waals surface area contributed by atoms with E-state index in [1.54, 1.807) is 26.4 Å². The Morgan fingerprint density at radius 2 is 1.85 bits per heavy atom. The Morgan fingerprint density at radius 1 is 1.12 bits per heavy atom. The van der Waals surface area contributed by atoms with Crippen molar-refractivity contribution in [2.45, 2.75) is 33.4 Å². The maximum absolute atomic E-state index is 13.0. The van der Waals surface area contributed by atoms with Crippen LogP contribution in [0, 0.1) is 12.8 Å². The SMILES string of the molecule is COc1ccc(NC(=O)N2CCn3c(C)ccc3[C@H]2C(C)C)cc1OC. The lowest BCUT2D eigenvalue weighted by Gasteiger charge is -2.39. The summed E-state index contributed by atoms with van der Waals surface area (Å²) in [6, 6.07) is 9.60. The first kappa shape index (κ1) is 18.2. The van der Waals surface area contributed by atoms with Gasteiger partial charge in [-0.2, -0.15) is 0 Å². The van der Waals surface area contributed by atoms with Gasteiger partial charge in [-0.05, 0) is 37.1 Å². The number of methoxy groups -OCH3 is 2. The van der Waals surface area contributed by atoms with Gasteiger partial charge >= 0.3 is 6.03 Å². The Labute approximate surface area is 154 Å². The second kappa shape index (κ2) is 7.32. The summed E-state index contributed by atoms with van der Waals surface area (Å²) in [6.45, 7) is 7.92. The van der Waals surface area contributed by atoms with Crippen molar-refractivity contribution in [3.05, 3.63) is 41.7 Å². The van der Waals surface area contributed by atoms with Gasteiger partial charge in [0, 0.05) is 36.2 Å². The molecular formula is C20H27N3O3. The van der Waals surface area contributed by atoms with Crippen LogP contribution in [-0.4, -0.2) is 36.3 Å². The van der Waals surface area contributed by atoms with Gasteiger partial charge in [-0.1, -0.05) is 13.8 Å². The highest BCUT2D eigenvalue weighted by atomic mass is 16.5. The fraction of sp³-hybridized carbons (Fsp3) is 0.450. The van der Waals surface area contributed by atoms with E-state index in [0.717, 1.165) is 6.54 Å². The van der Waals surface area contributed by atoms with Crippen LogP contribution in [0.4, 0.5) is 10.5 Å². The molecule has 140 valence electrons. The van der Waals surface area contributed by atoms with Crippen molar-refractivity contribution in [3.63, 3.8) is 0 Å². The van der Waals surface area contributed by atoms with E-state index < -0.39 is 0 Å². The number of carbonyl (C=O) groups is 1. The minimum atomic E-state index is -0.0963. The smallest absolute Gasteiger partial charge is 0.322 e. The summed E-state index contributed by atoms with van der Waals surface area (Å²) >= 11 is 0. The minimum absolute atomic E-state index is 0.0533. The number of amides is 2. The van der Waals surface area contributed by atoms with E-state index in [1.807, 2.05) is 11.0 Å². The van der Waals surface area contributed by atoms with Gasteiger partial charge in [0.25, 0.3) is 0 Å². The van der Waals surface area contributed by atoms with Crippen molar-refractivity contribution < 1.29 is 14.3 Å². The minimum Gasteiger partial charge on any atom is -0.493 e. The maximum Gasteiger partial charge on any atom is 0.322 e. The largest absolute Gasteiger partial charge is 0.493 e. The third-order valence-corrected chi connectivity index (χ3v) is 4.96. The molecule has 1 aromatic carbocycles. The summed E-state index contributed by atoms with van der Waals surface area (Å²) < 4.78 is 12.9. The Hall–Kier alpha value is -2.63. The summed E-state index contributed by atoms with van der Waals surface area (Å²) in [7, 11) is 3.17. The lowest BCUT2D eigenvalue weighted by molar-refractivity contribution is 0.143. The molecule has 2 heterocycles. The number of nitrogens with one attached hydrogen (secondary N) is 1. The first-order chi connectivity index (χ1) is 12.5. The monoisotopic (exact) mass is 357 g/mol. The number of hydrogen-bond acceptors (Lipinski definition) is 3. The third-order valence-electron chi connectivity index (χ3n) is 4.96. The molecule has 1 aliphatic rings. The quantitative estimate of drug-likeness (QED) is 0.898. The standard InChI is InChI=1S/C20H27N3O3/c1-13(2)19-16-8-6-14(3)22(16)10-11-23(19)20(24)21-15-7-9-17(25-4)18(12-15)26-5/h6-9,12-13,19H,10-11H2,1-5H3,(H,21,24)/t19-/m1/s1. The molecule has 6 heteroatoms. The average molecular weight is 357 g/mol. The molecule has 0 bridgehead atoms. The van der Waals surface area contributed by atoms with Gasteiger partial charge in [0.05, 0.1) is 20.3 Å². The summed E-state index contributed by atoms with van der Waals surface area (Å²) in [5.74, 6) is 1.55. The average Bonchev–Trinajstić information content (AvgIpc) is 3.01. The Balaban J connectivity index is 1.83. The molecule has 3 rings (SSSR count). The molecule has 26 heavy (non-hydrogen) atoms. The summed E-state index contributed by atoms with van der Waals surface area (Å²) in [5, 5.41) is 3.00. The molecule has 1 atom stereocenters. The van der Waals surface area contributed by atoms with Crippen LogP contribution in [0.5, 0.6) is 11.5 Å². The van der Waals surface area contributed by atoms with Gasteiger partial charge in [0.2, 0.25) is 0 Å². The topological polar surface area (TPSA) is 55.7 Å². The number of aryl methyl sites for hydroxylation is 1. The third kappa shape index (κ3) is 3.23. The molecule has 0 saturated heterocycles. The van der Waals surface area contributed by atoms with Crippen molar-refractivity contribution in [2.75, 3.05) is 26.1 Å². The number of ether oxygens (including phenoxy) is 2. The molecule has 0 saturated carbocycles. The first-order valence-corrected chi connectivity index (χ1v) is 8.92. The number of hydrogen-bond donors (Lipinski definition) is 1. The lowest BCUT2D eigenvalue weighted by atomic mass is 9.97. The zero-order valence-electron chi connectivity index (χ0n) is 16.1. The number of anilines is 1. The number of fused-ring (bicyclic) bond motifs is 1. The summed E-state index contributed by atoms with van der Waals surface area (Å²) in [6.07, 6.45) is 0. The second-order valence-corrected chi connectivity index (χ2v) is 6.93. The van der Waals surface area contributed by atoms with E-state index in [1.165, 1.54) is 11.4 Å².